The van der Waals surface area contributed by atoms with E-state index < -0.39 is 5.97 Å². The number of hydrogen-bond acceptors (Lipinski definition) is 3. The van der Waals surface area contributed by atoms with Crippen LogP contribution in [0.15, 0.2) is 54.6 Å². The minimum Gasteiger partial charge on any atom is -0.480 e. The quantitative estimate of drug-likeness (QED) is 0.867. The minimum absolute atomic E-state index is 0.0428. The van der Waals surface area contributed by atoms with Crippen molar-refractivity contribution in [1.29, 1.82) is 0 Å². The Kier molecular flexibility index (Phi) is 5.31. The summed E-state index contributed by atoms with van der Waals surface area (Å²) in [5.41, 5.74) is 1.90. The zero-order chi connectivity index (χ0) is 18.5. The van der Waals surface area contributed by atoms with E-state index >= 15 is 0 Å². The van der Waals surface area contributed by atoms with E-state index in [0.29, 0.717) is 24.2 Å². The molecule has 2 aromatic carbocycles. The third-order valence-corrected chi connectivity index (χ3v) is 4.31. The first-order valence-electron chi connectivity index (χ1n) is 8.50. The molecule has 0 spiro atoms. The number of carbonyl (C=O) groups is 3. The van der Waals surface area contributed by atoms with Gasteiger partial charge in [0.05, 0.1) is 0 Å². The number of benzene rings is 2. The molecule has 2 aromatic rings. The standard InChI is InChI=1S/C20H20N2O4/c23-18-10-5-11-22(18)17-9-4-8-16(12-17)20(26)21(14-19(24)25)13-15-6-2-1-3-7-15/h1-4,6-9,12H,5,10-11,13-14H2,(H,24,25). The van der Waals surface area contributed by atoms with Gasteiger partial charge in [0.1, 0.15) is 6.54 Å². The zero-order valence-electron chi connectivity index (χ0n) is 14.3. The number of anilines is 1. The molecular weight excluding hydrogens is 332 g/mol. The number of amides is 2. The van der Waals surface area contributed by atoms with Gasteiger partial charge in [-0.1, -0.05) is 36.4 Å². The molecule has 6 heteroatoms. The van der Waals surface area contributed by atoms with Crippen molar-refractivity contribution in [2.45, 2.75) is 19.4 Å². The van der Waals surface area contributed by atoms with Crippen molar-refractivity contribution < 1.29 is 19.5 Å². The Morgan fingerprint density at radius 3 is 2.50 bits per heavy atom. The summed E-state index contributed by atoms with van der Waals surface area (Å²) in [4.78, 5) is 39.0. The maximum absolute atomic E-state index is 12.9. The first-order chi connectivity index (χ1) is 12.5. The van der Waals surface area contributed by atoms with E-state index in [1.807, 2.05) is 30.3 Å². The molecule has 0 bridgehead atoms. The summed E-state index contributed by atoms with van der Waals surface area (Å²) in [7, 11) is 0. The highest BCUT2D eigenvalue weighted by Gasteiger charge is 2.24. The molecule has 1 fully saturated rings. The first-order valence-corrected chi connectivity index (χ1v) is 8.50. The summed E-state index contributed by atoms with van der Waals surface area (Å²) >= 11 is 0. The van der Waals surface area contributed by atoms with Gasteiger partial charge in [-0.05, 0) is 30.2 Å². The molecule has 0 aliphatic carbocycles. The highest BCUT2D eigenvalue weighted by Crippen LogP contribution is 2.23. The second-order valence-corrected chi connectivity index (χ2v) is 6.24. The van der Waals surface area contributed by atoms with Crippen LogP contribution in [-0.2, 0) is 16.1 Å². The fourth-order valence-electron chi connectivity index (χ4n) is 3.08. The van der Waals surface area contributed by atoms with Crippen molar-refractivity contribution in [2.24, 2.45) is 0 Å². The Morgan fingerprint density at radius 2 is 1.85 bits per heavy atom. The molecule has 1 aliphatic rings. The average Bonchev–Trinajstić information content (AvgIpc) is 3.07. The molecule has 1 N–H and O–H groups in total. The molecule has 1 aliphatic heterocycles. The molecule has 6 nitrogen and oxygen atoms in total. The van der Waals surface area contributed by atoms with Crippen molar-refractivity contribution in [1.82, 2.24) is 4.90 Å². The van der Waals surface area contributed by atoms with Gasteiger partial charge in [0.15, 0.2) is 0 Å². The van der Waals surface area contributed by atoms with Crippen LogP contribution in [-0.4, -0.2) is 40.9 Å². The zero-order valence-corrected chi connectivity index (χ0v) is 14.3. The van der Waals surface area contributed by atoms with Crippen LogP contribution in [0.1, 0.15) is 28.8 Å². The lowest BCUT2D eigenvalue weighted by atomic mass is 10.1. The number of rotatable bonds is 6. The number of carboxylic acid groups (broad SMARTS) is 1. The van der Waals surface area contributed by atoms with Crippen LogP contribution in [0.3, 0.4) is 0 Å². The summed E-state index contributed by atoms with van der Waals surface area (Å²) in [6, 6.07) is 16.1. The second kappa shape index (κ2) is 7.82. The number of carbonyl (C=O) groups excluding carboxylic acids is 2. The van der Waals surface area contributed by atoms with E-state index in [-0.39, 0.29) is 24.9 Å². The molecule has 0 aromatic heterocycles. The third-order valence-electron chi connectivity index (χ3n) is 4.31. The van der Waals surface area contributed by atoms with E-state index in [1.54, 1.807) is 29.2 Å². The molecule has 1 heterocycles. The van der Waals surface area contributed by atoms with Gasteiger partial charge in [-0.2, -0.15) is 0 Å². The fourth-order valence-corrected chi connectivity index (χ4v) is 3.08. The molecule has 134 valence electrons. The molecular formula is C20H20N2O4. The van der Waals surface area contributed by atoms with Gasteiger partial charge >= 0.3 is 5.97 Å². The number of hydrogen-bond donors (Lipinski definition) is 1. The van der Waals surface area contributed by atoms with E-state index in [0.717, 1.165) is 12.0 Å². The van der Waals surface area contributed by atoms with Crippen LogP contribution in [0, 0.1) is 0 Å². The van der Waals surface area contributed by atoms with Crippen molar-refractivity contribution in [2.75, 3.05) is 18.0 Å². The van der Waals surface area contributed by atoms with Crippen LogP contribution in [0.5, 0.6) is 0 Å². The second-order valence-electron chi connectivity index (χ2n) is 6.24. The predicted octanol–water partition coefficient (Wildman–Crippen LogP) is 2.54. The van der Waals surface area contributed by atoms with Gasteiger partial charge in [-0.3, -0.25) is 14.4 Å². The van der Waals surface area contributed by atoms with Crippen LogP contribution in [0.2, 0.25) is 0 Å². The van der Waals surface area contributed by atoms with Gasteiger partial charge in [0.2, 0.25) is 5.91 Å². The fraction of sp³-hybridized carbons (Fsp3) is 0.250. The van der Waals surface area contributed by atoms with Crippen LogP contribution in [0.25, 0.3) is 0 Å². The monoisotopic (exact) mass is 352 g/mol. The van der Waals surface area contributed by atoms with Gasteiger partial charge in [-0.15, -0.1) is 0 Å². The van der Waals surface area contributed by atoms with Gasteiger partial charge in [0.25, 0.3) is 5.91 Å². The number of aliphatic carboxylic acids is 1. The van der Waals surface area contributed by atoms with Crippen LogP contribution >= 0.6 is 0 Å². The minimum atomic E-state index is -1.07. The first kappa shape index (κ1) is 17.7. The maximum atomic E-state index is 12.9. The molecule has 0 saturated carbocycles. The smallest absolute Gasteiger partial charge is 0.323 e. The van der Waals surface area contributed by atoms with E-state index in [4.69, 9.17) is 0 Å². The Labute approximate surface area is 151 Å². The SMILES string of the molecule is O=C(O)CN(Cc1ccccc1)C(=O)c1cccc(N2CCCC2=O)c1. The van der Waals surface area contributed by atoms with Crippen molar-refractivity contribution in [3.05, 3.63) is 65.7 Å². The molecule has 0 unspecified atom stereocenters. The molecule has 3 rings (SSSR count). The number of nitrogens with zero attached hydrogens (tertiary/aromatic N) is 2. The average molecular weight is 352 g/mol. The Balaban J connectivity index is 1.84. The maximum Gasteiger partial charge on any atom is 0.323 e. The molecule has 1 saturated heterocycles. The summed E-state index contributed by atoms with van der Waals surface area (Å²) in [6.45, 7) is 0.457. The largest absolute Gasteiger partial charge is 0.480 e. The van der Waals surface area contributed by atoms with Gasteiger partial charge < -0.3 is 14.9 Å². The van der Waals surface area contributed by atoms with E-state index in [9.17, 15) is 19.5 Å². The summed E-state index contributed by atoms with van der Waals surface area (Å²) in [5.74, 6) is -1.40. The van der Waals surface area contributed by atoms with Gasteiger partial charge in [0, 0.05) is 30.8 Å². The molecule has 0 radical (unpaired) electrons. The summed E-state index contributed by atoms with van der Waals surface area (Å²) < 4.78 is 0. The predicted molar refractivity (Wildman–Crippen MR) is 96.8 cm³/mol. The highest BCUT2D eigenvalue weighted by atomic mass is 16.4. The number of carboxylic acids is 1. The van der Waals surface area contributed by atoms with E-state index in [1.165, 1.54) is 4.90 Å². The van der Waals surface area contributed by atoms with Crippen molar-refractivity contribution in [3.8, 4) is 0 Å². The molecule has 26 heavy (non-hydrogen) atoms. The van der Waals surface area contributed by atoms with Crippen LogP contribution < -0.4 is 4.90 Å². The summed E-state index contributed by atoms with van der Waals surface area (Å²) in [5, 5.41) is 9.17. The Bertz CT molecular complexity index is 820. The molecule has 2 amide bonds. The third kappa shape index (κ3) is 4.08. The lowest BCUT2D eigenvalue weighted by Gasteiger charge is -2.22. The van der Waals surface area contributed by atoms with Gasteiger partial charge in [-0.25, -0.2) is 0 Å². The normalized spacial score (nSPS) is 13.7. The summed E-state index contributed by atoms with van der Waals surface area (Å²) in [6.07, 6.45) is 1.31. The Hall–Kier alpha value is -3.15. The van der Waals surface area contributed by atoms with E-state index in [2.05, 4.69) is 0 Å². The van der Waals surface area contributed by atoms with Crippen LogP contribution in [0.4, 0.5) is 5.69 Å². The van der Waals surface area contributed by atoms with Crippen molar-refractivity contribution in [3.63, 3.8) is 0 Å². The lowest BCUT2D eigenvalue weighted by molar-refractivity contribution is -0.137. The lowest BCUT2D eigenvalue weighted by Crippen LogP contribution is -2.35. The van der Waals surface area contributed by atoms with Crippen molar-refractivity contribution >= 4 is 23.5 Å². The molecule has 0 atom stereocenters. The topological polar surface area (TPSA) is 77.9 Å². The highest BCUT2D eigenvalue weighted by molar-refractivity contribution is 5.99. The Morgan fingerprint density at radius 1 is 1.08 bits per heavy atom.